The third-order valence-corrected chi connectivity index (χ3v) is 4.65. The first-order valence-electron chi connectivity index (χ1n) is 8.61. The lowest BCUT2D eigenvalue weighted by Gasteiger charge is -2.30. The highest BCUT2D eigenvalue weighted by atomic mass is 16.1. The topological polar surface area (TPSA) is 86.9 Å². The van der Waals surface area contributed by atoms with Crippen LogP contribution in [0.3, 0.4) is 0 Å². The molecule has 1 saturated heterocycles. The van der Waals surface area contributed by atoms with Gasteiger partial charge in [-0.1, -0.05) is 19.1 Å². The molecule has 0 spiro atoms. The van der Waals surface area contributed by atoms with E-state index >= 15 is 0 Å². The second kappa shape index (κ2) is 7.57. The quantitative estimate of drug-likeness (QED) is 0.773. The van der Waals surface area contributed by atoms with E-state index in [-0.39, 0.29) is 17.5 Å². The zero-order chi connectivity index (χ0) is 16.9. The van der Waals surface area contributed by atoms with Gasteiger partial charge in [0.1, 0.15) is 5.82 Å². The summed E-state index contributed by atoms with van der Waals surface area (Å²) in [5.41, 5.74) is 0.574. The smallest absolute Gasteiger partial charge is 0.258 e. The van der Waals surface area contributed by atoms with E-state index in [1.807, 2.05) is 18.2 Å². The van der Waals surface area contributed by atoms with Crippen molar-refractivity contribution in [2.24, 2.45) is 5.92 Å². The number of benzene rings is 1. The molecule has 2 atom stereocenters. The fourth-order valence-electron chi connectivity index (χ4n) is 3.13. The monoisotopic (exact) mass is 328 g/mol. The van der Waals surface area contributed by atoms with Crippen LogP contribution in [0, 0.1) is 5.92 Å². The summed E-state index contributed by atoms with van der Waals surface area (Å²) in [4.78, 5) is 31.4. The molecule has 0 radical (unpaired) electrons. The van der Waals surface area contributed by atoms with Gasteiger partial charge in [0.15, 0.2) is 0 Å². The van der Waals surface area contributed by atoms with E-state index < -0.39 is 0 Å². The van der Waals surface area contributed by atoms with Crippen LogP contribution in [0.15, 0.2) is 29.1 Å². The number of H-pyrrole nitrogens is 1. The molecule has 0 saturated carbocycles. The summed E-state index contributed by atoms with van der Waals surface area (Å²) in [6, 6.07) is 7.50. The highest BCUT2D eigenvalue weighted by Gasteiger charge is 2.22. The highest BCUT2D eigenvalue weighted by Crippen LogP contribution is 2.12. The van der Waals surface area contributed by atoms with Gasteiger partial charge in [0, 0.05) is 25.4 Å². The first-order chi connectivity index (χ1) is 11.6. The van der Waals surface area contributed by atoms with Crippen LogP contribution in [0.4, 0.5) is 0 Å². The highest BCUT2D eigenvalue weighted by molar-refractivity contribution is 5.77. The Balaban J connectivity index is 1.52. The lowest BCUT2D eigenvalue weighted by Crippen LogP contribution is -2.50. The maximum absolute atomic E-state index is 12.1. The molecular weight excluding hydrogens is 304 g/mol. The molecule has 24 heavy (non-hydrogen) atoms. The Bertz CT molecular complexity index is 771. The maximum Gasteiger partial charge on any atom is 0.258 e. The number of hydrogen-bond donors (Lipinski definition) is 3. The number of fused-ring (bicyclic) bond motifs is 1. The molecule has 6 nitrogen and oxygen atoms in total. The van der Waals surface area contributed by atoms with Crippen LogP contribution in [-0.4, -0.2) is 35.0 Å². The van der Waals surface area contributed by atoms with Crippen molar-refractivity contribution >= 4 is 16.8 Å². The molecule has 0 aliphatic carbocycles. The molecule has 2 heterocycles. The molecule has 3 N–H and O–H groups in total. The number of aromatic nitrogens is 2. The van der Waals surface area contributed by atoms with Crippen molar-refractivity contribution < 1.29 is 4.79 Å². The van der Waals surface area contributed by atoms with Gasteiger partial charge in [-0.3, -0.25) is 9.59 Å². The van der Waals surface area contributed by atoms with Crippen molar-refractivity contribution in [1.29, 1.82) is 0 Å². The zero-order valence-corrected chi connectivity index (χ0v) is 14.0. The third kappa shape index (κ3) is 4.00. The van der Waals surface area contributed by atoms with Gasteiger partial charge in [-0.25, -0.2) is 4.98 Å². The molecule has 1 amide bonds. The Labute approximate surface area is 141 Å². The molecular formula is C18H24N4O2. The van der Waals surface area contributed by atoms with Gasteiger partial charge < -0.3 is 15.6 Å². The van der Waals surface area contributed by atoms with Crippen LogP contribution < -0.4 is 16.2 Å². The summed E-state index contributed by atoms with van der Waals surface area (Å²) in [6.45, 7) is 4.04. The van der Waals surface area contributed by atoms with E-state index in [1.54, 1.807) is 6.07 Å². The minimum atomic E-state index is -0.123. The van der Waals surface area contributed by atoms with E-state index in [9.17, 15) is 9.59 Å². The number of hydrogen-bond acceptors (Lipinski definition) is 4. The predicted octanol–water partition coefficient (Wildman–Crippen LogP) is 1.36. The van der Waals surface area contributed by atoms with Crippen molar-refractivity contribution in [2.75, 3.05) is 13.1 Å². The largest absolute Gasteiger partial charge is 0.352 e. The van der Waals surface area contributed by atoms with Gasteiger partial charge in [-0.05, 0) is 37.4 Å². The average molecular weight is 328 g/mol. The van der Waals surface area contributed by atoms with Gasteiger partial charge in [0.05, 0.1) is 10.9 Å². The lowest BCUT2D eigenvalue weighted by molar-refractivity contribution is -0.122. The Kier molecular flexibility index (Phi) is 5.25. The van der Waals surface area contributed by atoms with Crippen molar-refractivity contribution in [3.05, 3.63) is 40.4 Å². The fourth-order valence-corrected chi connectivity index (χ4v) is 3.13. The fraction of sp³-hybridized carbons (Fsp3) is 0.500. The Hall–Kier alpha value is -2.21. The summed E-state index contributed by atoms with van der Waals surface area (Å²) in [6.07, 6.45) is 2.79. The molecule has 1 aromatic heterocycles. The average Bonchev–Trinajstić information content (AvgIpc) is 2.57. The van der Waals surface area contributed by atoms with Crippen molar-refractivity contribution in [3.63, 3.8) is 0 Å². The molecule has 1 aliphatic rings. The number of nitrogens with one attached hydrogen (secondary N) is 3. The number of piperidine rings is 1. The van der Waals surface area contributed by atoms with Gasteiger partial charge >= 0.3 is 0 Å². The Morgan fingerprint density at radius 2 is 2.21 bits per heavy atom. The Morgan fingerprint density at radius 3 is 3.04 bits per heavy atom. The molecule has 0 bridgehead atoms. The number of rotatable bonds is 5. The number of amides is 1. The van der Waals surface area contributed by atoms with Gasteiger partial charge in [-0.15, -0.1) is 0 Å². The van der Waals surface area contributed by atoms with Crippen molar-refractivity contribution in [1.82, 2.24) is 20.6 Å². The number of nitrogens with zero attached hydrogens (tertiary/aromatic N) is 1. The summed E-state index contributed by atoms with van der Waals surface area (Å²) < 4.78 is 0. The molecule has 2 aromatic rings. The van der Waals surface area contributed by atoms with E-state index in [4.69, 9.17) is 0 Å². The van der Waals surface area contributed by atoms with Crippen LogP contribution in [-0.2, 0) is 11.2 Å². The maximum atomic E-state index is 12.1. The summed E-state index contributed by atoms with van der Waals surface area (Å²) >= 11 is 0. The number of carbonyl (C=O) groups is 1. The van der Waals surface area contributed by atoms with Crippen molar-refractivity contribution in [3.8, 4) is 0 Å². The molecule has 1 aliphatic heterocycles. The van der Waals surface area contributed by atoms with Crippen LogP contribution in [0.5, 0.6) is 0 Å². The predicted molar refractivity (Wildman–Crippen MR) is 93.9 cm³/mol. The second-order valence-corrected chi connectivity index (χ2v) is 6.53. The summed E-state index contributed by atoms with van der Waals surface area (Å²) in [5.74, 6) is 1.21. The minimum Gasteiger partial charge on any atom is -0.352 e. The lowest BCUT2D eigenvalue weighted by atomic mass is 9.94. The van der Waals surface area contributed by atoms with Crippen LogP contribution in [0.25, 0.3) is 10.9 Å². The number of aryl methyl sites for hydroxylation is 1. The zero-order valence-electron chi connectivity index (χ0n) is 14.0. The standard InChI is InChI=1S/C18H24N4O2/c1-12-9-10-19-11-15(12)21-17(23)8-4-7-16-20-14-6-3-2-5-13(14)18(24)22-16/h2-3,5-6,12,15,19H,4,7-11H2,1H3,(H,21,23)(H,20,22,24). The first-order valence-corrected chi connectivity index (χ1v) is 8.61. The normalized spacial score (nSPS) is 20.9. The van der Waals surface area contributed by atoms with Gasteiger partial charge in [0.25, 0.3) is 5.56 Å². The van der Waals surface area contributed by atoms with Crippen LogP contribution >= 0.6 is 0 Å². The number of carbonyl (C=O) groups excluding carboxylic acids is 1. The van der Waals surface area contributed by atoms with Crippen LogP contribution in [0.1, 0.15) is 32.0 Å². The molecule has 1 aromatic carbocycles. The van der Waals surface area contributed by atoms with Crippen molar-refractivity contribution in [2.45, 2.75) is 38.6 Å². The molecule has 3 rings (SSSR count). The van der Waals surface area contributed by atoms with E-state index in [0.29, 0.717) is 41.9 Å². The molecule has 128 valence electrons. The van der Waals surface area contributed by atoms with E-state index in [2.05, 4.69) is 27.5 Å². The van der Waals surface area contributed by atoms with Crippen LogP contribution in [0.2, 0.25) is 0 Å². The number of para-hydroxylation sites is 1. The summed E-state index contributed by atoms with van der Waals surface area (Å²) in [5, 5.41) is 7.01. The first kappa shape index (κ1) is 16.6. The second-order valence-electron chi connectivity index (χ2n) is 6.53. The third-order valence-electron chi connectivity index (χ3n) is 4.65. The minimum absolute atomic E-state index is 0.0682. The SMILES string of the molecule is CC1CCNCC1NC(=O)CCCc1nc2ccccc2c(=O)[nH]1. The van der Waals surface area contributed by atoms with Gasteiger partial charge in [-0.2, -0.15) is 0 Å². The summed E-state index contributed by atoms with van der Waals surface area (Å²) in [7, 11) is 0. The van der Waals surface area contributed by atoms with E-state index in [0.717, 1.165) is 19.5 Å². The molecule has 2 unspecified atom stereocenters. The van der Waals surface area contributed by atoms with Gasteiger partial charge in [0.2, 0.25) is 5.91 Å². The molecule has 6 heteroatoms. The molecule has 1 fully saturated rings. The number of aromatic amines is 1. The van der Waals surface area contributed by atoms with E-state index in [1.165, 1.54) is 0 Å². The Morgan fingerprint density at radius 1 is 1.38 bits per heavy atom.